The molecule has 4 rings (SSSR count). The summed E-state index contributed by atoms with van der Waals surface area (Å²) in [6.07, 6.45) is 1.14. The van der Waals surface area contributed by atoms with E-state index in [4.69, 9.17) is 14.7 Å². The van der Waals surface area contributed by atoms with Crippen LogP contribution in [0, 0.1) is 21.4 Å². The Balaban J connectivity index is 1.37. The van der Waals surface area contributed by atoms with Crippen LogP contribution < -0.4 is 4.74 Å². The molecule has 0 saturated heterocycles. The van der Waals surface area contributed by atoms with Gasteiger partial charge in [0.1, 0.15) is 18.9 Å². The average molecular weight is 376 g/mol. The molecule has 0 radical (unpaired) electrons. The molecule has 8 nitrogen and oxygen atoms in total. The van der Waals surface area contributed by atoms with Gasteiger partial charge in [0.2, 0.25) is 0 Å². The zero-order valence-electron chi connectivity index (χ0n) is 14.8. The van der Waals surface area contributed by atoms with Crippen molar-refractivity contribution < 1.29 is 14.4 Å². The highest BCUT2D eigenvalue weighted by Crippen LogP contribution is 2.24. The maximum absolute atomic E-state index is 10.8. The summed E-state index contributed by atoms with van der Waals surface area (Å²) < 4.78 is 12.9. The van der Waals surface area contributed by atoms with E-state index in [0.29, 0.717) is 25.3 Å². The summed E-state index contributed by atoms with van der Waals surface area (Å²) in [6.45, 7) is 1.15. The molecule has 3 aromatic rings. The lowest BCUT2D eigenvalue weighted by Crippen LogP contribution is -2.32. The second kappa shape index (κ2) is 7.50. The Hall–Kier alpha value is -3.70. The van der Waals surface area contributed by atoms with Crippen LogP contribution in [-0.4, -0.2) is 27.2 Å². The third-order valence-electron chi connectivity index (χ3n) is 4.48. The third-order valence-corrected chi connectivity index (χ3v) is 4.48. The fourth-order valence-corrected chi connectivity index (χ4v) is 3.04. The van der Waals surface area contributed by atoms with Crippen LogP contribution >= 0.6 is 0 Å². The second-order valence-corrected chi connectivity index (χ2v) is 6.42. The molecular weight excluding hydrogens is 360 g/mol. The van der Waals surface area contributed by atoms with Crippen LogP contribution in [0.1, 0.15) is 11.1 Å². The van der Waals surface area contributed by atoms with Crippen molar-refractivity contribution >= 4 is 5.82 Å². The van der Waals surface area contributed by atoms with E-state index in [1.807, 2.05) is 42.5 Å². The van der Waals surface area contributed by atoms with Crippen molar-refractivity contribution in [3.63, 3.8) is 0 Å². The van der Waals surface area contributed by atoms with Gasteiger partial charge < -0.3 is 19.6 Å². The van der Waals surface area contributed by atoms with Crippen LogP contribution in [0.2, 0.25) is 0 Å². The smallest absolute Gasteiger partial charge is 0.414 e. The minimum absolute atomic E-state index is 0.215. The maximum atomic E-state index is 10.8. The van der Waals surface area contributed by atoms with Crippen molar-refractivity contribution in [1.29, 1.82) is 5.26 Å². The van der Waals surface area contributed by atoms with Crippen LogP contribution in [0.25, 0.3) is 11.1 Å². The lowest BCUT2D eigenvalue weighted by atomic mass is 10.0. The van der Waals surface area contributed by atoms with Gasteiger partial charge in [-0.15, -0.1) is 0 Å². The number of nitrogens with zero attached hydrogens (tertiary/aromatic N) is 4. The molecule has 2 heterocycles. The number of ether oxygens (including phenoxy) is 2. The Labute approximate surface area is 160 Å². The molecule has 8 heteroatoms. The first-order valence-corrected chi connectivity index (χ1v) is 8.68. The van der Waals surface area contributed by atoms with Gasteiger partial charge >= 0.3 is 11.8 Å². The van der Waals surface area contributed by atoms with E-state index in [9.17, 15) is 10.1 Å². The van der Waals surface area contributed by atoms with Crippen LogP contribution in [0.5, 0.6) is 6.01 Å². The zero-order chi connectivity index (χ0) is 19.5. The fraction of sp³-hybridized carbons (Fsp3) is 0.200. The molecule has 28 heavy (non-hydrogen) atoms. The number of fused-ring (bicyclic) bond motifs is 1. The molecule has 1 aromatic heterocycles. The molecule has 0 spiro atoms. The van der Waals surface area contributed by atoms with Crippen molar-refractivity contribution in [2.45, 2.75) is 19.3 Å². The van der Waals surface area contributed by atoms with Gasteiger partial charge in [0.05, 0.1) is 24.8 Å². The van der Waals surface area contributed by atoms with Crippen LogP contribution in [0.4, 0.5) is 5.82 Å². The monoisotopic (exact) mass is 376 g/mol. The predicted molar refractivity (Wildman–Crippen MR) is 99.5 cm³/mol. The van der Waals surface area contributed by atoms with Crippen molar-refractivity contribution in [3.8, 4) is 23.2 Å². The quantitative estimate of drug-likeness (QED) is 0.500. The molecule has 0 saturated carbocycles. The second-order valence-electron chi connectivity index (χ2n) is 6.42. The molecule has 0 bridgehead atoms. The largest absolute Gasteiger partial charge is 0.443 e. The van der Waals surface area contributed by atoms with Gasteiger partial charge in [0, 0.05) is 4.98 Å². The van der Waals surface area contributed by atoms with Gasteiger partial charge in [-0.05, 0) is 33.7 Å². The van der Waals surface area contributed by atoms with E-state index < -0.39 is 4.92 Å². The Morgan fingerprint density at radius 2 is 2.11 bits per heavy atom. The topological polar surface area (TPSA) is 103 Å². The summed E-state index contributed by atoms with van der Waals surface area (Å²) in [4.78, 5) is 14.1. The molecule has 140 valence electrons. The minimum Gasteiger partial charge on any atom is -0.443 e. The van der Waals surface area contributed by atoms with E-state index in [-0.39, 0.29) is 17.9 Å². The van der Waals surface area contributed by atoms with Gasteiger partial charge in [-0.25, -0.2) is 0 Å². The van der Waals surface area contributed by atoms with Gasteiger partial charge in [0.15, 0.2) is 0 Å². The summed E-state index contributed by atoms with van der Waals surface area (Å²) in [5, 5.41) is 19.8. The highest BCUT2D eigenvalue weighted by molar-refractivity contribution is 5.65. The first-order chi connectivity index (χ1) is 13.6. The number of nitro groups is 1. The minimum atomic E-state index is -0.543. The van der Waals surface area contributed by atoms with Crippen molar-refractivity contribution in [2.75, 3.05) is 6.61 Å². The van der Waals surface area contributed by atoms with Gasteiger partial charge in [-0.2, -0.15) is 5.26 Å². The molecule has 0 aliphatic carbocycles. The Morgan fingerprint density at radius 3 is 2.86 bits per heavy atom. The first kappa shape index (κ1) is 17.7. The summed E-state index contributed by atoms with van der Waals surface area (Å²) in [5.41, 5.74) is 3.64. The van der Waals surface area contributed by atoms with E-state index in [1.54, 1.807) is 10.6 Å². The molecule has 0 N–H and O–H groups in total. The number of imidazole rings is 1. The molecule has 2 aromatic carbocycles. The summed E-state index contributed by atoms with van der Waals surface area (Å²) in [5.74, 6) is -0.230. The normalized spacial score (nSPS) is 15.3. The Morgan fingerprint density at radius 1 is 1.29 bits per heavy atom. The van der Waals surface area contributed by atoms with Crippen molar-refractivity contribution in [2.24, 2.45) is 0 Å². The third kappa shape index (κ3) is 3.70. The average Bonchev–Trinajstić information content (AvgIpc) is 3.16. The van der Waals surface area contributed by atoms with Gasteiger partial charge in [-0.3, -0.25) is 4.57 Å². The number of nitriles is 1. The molecule has 1 aliphatic rings. The van der Waals surface area contributed by atoms with E-state index in [2.05, 4.69) is 11.1 Å². The van der Waals surface area contributed by atoms with Crippen LogP contribution in [-0.2, 0) is 17.9 Å². The number of hydrogen-bond donors (Lipinski definition) is 0. The lowest BCUT2D eigenvalue weighted by molar-refractivity contribution is -0.389. The molecule has 1 aliphatic heterocycles. The van der Waals surface area contributed by atoms with E-state index >= 15 is 0 Å². The maximum Gasteiger partial charge on any atom is 0.414 e. The van der Waals surface area contributed by atoms with Crippen molar-refractivity contribution in [3.05, 3.63) is 76.0 Å². The van der Waals surface area contributed by atoms with Crippen molar-refractivity contribution in [1.82, 2.24) is 9.55 Å². The van der Waals surface area contributed by atoms with Crippen LogP contribution in [0.3, 0.4) is 0 Å². The standard InChI is InChI=1S/C20H16N4O4/c21-9-15-2-1-3-17(8-15)16-6-4-14(5-7-16)12-27-18-10-23-11-19(24(25)26)22-20(23)28-13-18/h1-8,11,18H,10,12-13H2/t18-/m0/s1. The molecular formula is C20H16N4O4. The number of benzene rings is 2. The highest BCUT2D eigenvalue weighted by Gasteiger charge is 2.28. The SMILES string of the molecule is N#Cc1cccc(-c2ccc(CO[C@@H]3COc4nc([N+](=O)[O-])cn4C3)cc2)c1. The lowest BCUT2D eigenvalue weighted by Gasteiger charge is -2.22. The molecule has 0 unspecified atom stereocenters. The molecule has 0 fully saturated rings. The molecule has 0 amide bonds. The summed E-state index contributed by atoms with van der Waals surface area (Å²) in [7, 11) is 0. The zero-order valence-corrected chi connectivity index (χ0v) is 14.8. The number of aromatic nitrogens is 2. The summed E-state index contributed by atoms with van der Waals surface area (Å²) in [6, 6.07) is 17.8. The summed E-state index contributed by atoms with van der Waals surface area (Å²) >= 11 is 0. The number of hydrogen-bond acceptors (Lipinski definition) is 6. The molecule has 1 atom stereocenters. The first-order valence-electron chi connectivity index (χ1n) is 8.68. The van der Waals surface area contributed by atoms with E-state index in [1.165, 1.54) is 6.20 Å². The fourth-order valence-electron chi connectivity index (χ4n) is 3.04. The van der Waals surface area contributed by atoms with Gasteiger partial charge in [0.25, 0.3) is 0 Å². The van der Waals surface area contributed by atoms with Crippen LogP contribution in [0.15, 0.2) is 54.7 Å². The Bertz CT molecular complexity index is 1050. The highest BCUT2D eigenvalue weighted by atomic mass is 16.6. The predicted octanol–water partition coefficient (Wildman–Crippen LogP) is 3.31. The van der Waals surface area contributed by atoms with E-state index in [0.717, 1.165) is 16.7 Å². The Kier molecular flexibility index (Phi) is 4.74. The van der Waals surface area contributed by atoms with Gasteiger partial charge in [-0.1, -0.05) is 36.4 Å². The number of rotatable bonds is 5.